The van der Waals surface area contributed by atoms with Crippen molar-refractivity contribution < 1.29 is 9.13 Å². The van der Waals surface area contributed by atoms with E-state index in [0.29, 0.717) is 6.33 Å². The predicted octanol–water partition coefficient (Wildman–Crippen LogP) is 6.34. The smallest absolute Gasteiger partial charge is 0.119 e. The Labute approximate surface area is 138 Å². The van der Waals surface area contributed by atoms with Crippen molar-refractivity contribution >= 4 is 0 Å². The summed E-state index contributed by atoms with van der Waals surface area (Å²) in [4.78, 5) is 0. The summed E-state index contributed by atoms with van der Waals surface area (Å²) in [6.07, 6.45) is 7.30. The van der Waals surface area contributed by atoms with Crippen molar-refractivity contribution in [2.75, 3.05) is 6.61 Å². The number of unbranched alkanes of at least 4 members (excludes halogenated alkanes) is 2. The van der Waals surface area contributed by atoms with Gasteiger partial charge in [-0.1, -0.05) is 62.2 Å². The maximum absolute atomic E-state index is 11.9. The van der Waals surface area contributed by atoms with Crippen LogP contribution in [0.25, 0.3) is 11.1 Å². The molecule has 0 radical (unpaired) electrons. The van der Waals surface area contributed by atoms with E-state index in [1.165, 1.54) is 29.5 Å². The van der Waals surface area contributed by atoms with Gasteiger partial charge in [-0.2, -0.15) is 0 Å². The highest BCUT2D eigenvalue weighted by Crippen LogP contribution is 2.23. The van der Waals surface area contributed by atoms with Gasteiger partial charge in [0.2, 0.25) is 0 Å². The molecule has 0 spiro atoms. The molecule has 0 amide bonds. The highest BCUT2D eigenvalue weighted by atomic mass is 19.1. The highest BCUT2D eigenvalue weighted by Gasteiger charge is 2.00. The lowest BCUT2D eigenvalue weighted by atomic mass is 10.0. The van der Waals surface area contributed by atoms with Gasteiger partial charge in [-0.05, 0) is 48.1 Å². The molecular formula is C21H25FO. The van der Waals surface area contributed by atoms with E-state index >= 15 is 0 Å². The van der Waals surface area contributed by atoms with E-state index in [2.05, 4.69) is 43.3 Å². The molecule has 0 fully saturated rings. The quantitative estimate of drug-likeness (QED) is 0.491. The molecule has 0 saturated carbocycles. The summed E-state index contributed by atoms with van der Waals surface area (Å²) in [7, 11) is 0. The van der Waals surface area contributed by atoms with E-state index in [9.17, 15) is 4.39 Å². The van der Waals surface area contributed by atoms with Crippen LogP contribution in [0.5, 0.6) is 5.75 Å². The standard InChI is InChI=1S/C21H25FO/c1-2-3-6-17-23-21-14-12-20(13-15-21)19-10-8-18(9-11-19)7-4-5-16-22/h5,8-16H,2-4,6-7,17H2,1H3/b16-5+. The van der Waals surface area contributed by atoms with Crippen LogP contribution in [0.15, 0.2) is 60.9 Å². The molecule has 2 aromatic rings. The molecule has 23 heavy (non-hydrogen) atoms. The zero-order valence-electron chi connectivity index (χ0n) is 13.8. The molecule has 2 rings (SSSR count). The summed E-state index contributed by atoms with van der Waals surface area (Å²) in [6, 6.07) is 16.7. The zero-order valence-corrected chi connectivity index (χ0v) is 13.8. The van der Waals surface area contributed by atoms with Crippen LogP contribution in [0.2, 0.25) is 0 Å². The molecule has 0 heterocycles. The normalized spacial score (nSPS) is 11.0. The second kappa shape index (κ2) is 9.83. The monoisotopic (exact) mass is 312 g/mol. The van der Waals surface area contributed by atoms with Crippen LogP contribution < -0.4 is 4.74 Å². The van der Waals surface area contributed by atoms with Crippen LogP contribution in [0.3, 0.4) is 0 Å². The van der Waals surface area contributed by atoms with E-state index in [1.54, 1.807) is 6.08 Å². The second-order valence-corrected chi connectivity index (χ2v) is 5.68. The van der Waals surface area contributed by atoms with Gasteiger partial charge in [-0.3, -0.25) is 0 Å². The molecule has 0 aliphatic rings. The van der Waals surface area contributed by atoms with Gasteiger partial charge in [0.1, 0.15) is 5.75 Å². The topological polar surface area (TPSA) is 9.23 Å². The fourth-order valence-corrected chi connectivity index (χ4v) is 2.46. The Kier molecular flexibility index (Phi) is 7.38. The van der Waals surface area contributed by atoms with Crippen LogP contribution in [0.1, 0.15) is 38.2 Å². The zero-order chi connectivity index (χ0) is 16.3. The Bertz CT molecular complexity index is 584. The first kappa shape index (κ1) is 17.3. The molecule has 0 aliphatic heterocycles. The number of hydrogen-bond acceptors (Lipinski definition) is 1. The third kappa shape index (κ3) is 5.90. The van der Waals surface area contributed by atoms with Crippen molar-refractivity contribution in [3.05, 3.63) is 66.5 Å². The lowest BCUT2D eigenvalue weighted by molar-refractivity contribution is 0.306. The molecule has 0 bridgehead atoms. The van der Waals surface area contributed by atoms with Gasteiger partial charge in [0, 0.05) is 0 Å². The number of benzene rings is 2. The van der Waals surface area contributed by atoms with Gasteiger partial charge in [-0.25, -0.2) is 4.39 Å². The minimum atomic E-state index is 0.611. The maximum atomic E-state index is 11.9. The Morgan fingerprint density at radius 1 is 0.913 bits per heavy atom. The molecule has 0 atom stereocenters. The van der Waals surface area contributed by atoms with Crippen LogP contribution in [-0.2, 0) is 6.42 Å². The first-order chi connectivity index (χ1) is 11.3. The van der Waals surface area contributed by atoms with E-state index in [4.69, 9.17) is 4.74 Å². The summed E-state index contributed by atoms with van der Waals surface area (Å²) in [5.74, 6) is 0.930. The van der Waals surface area contributed by atoms with Gasteiger partial charge in [0.15, 0.2) is 0 Å². The Balaban J connectivity index is 1.91. The van der Waals surface area contributed by atoms with Crippen molar-refractivity contribution in [2.45, 2.75) is 39.0 Å². The molecule has 0 saturated heterocycles. The van der Waals surface area contributed by atoms with E-state index in [0.717, 1.165) is 31.6 Å². The summed E-state index contributed by atoms with van der Waals surface area (Å²) in [5.41, 5.74) is 3.59. The van der Waals surface area contributed by atoms with Crippen LogP contribution in [0.4, 0.5) is 4.39 Å². The summed E-state index contributed by atoms with van der Waals surface area (Å²) < 4.78 is 17.7. The molecule has 1 nitrogen and oxygen atoms in total. The van der Waals surface area contributed by atoms with Crippen molar-refractivity contribution in [3.63, 3.8) is 0 Å². The number of hydrogen-bond donors (Lipinski definition) is 0. The van der Waals surface area contributed by atoms with E-state index in [-0.39, 0.29) is 0 Å². The Morgan fingerprint density at radius 2 is 1.57 bits per heavy atom. The molecule has 122 valence electrons. The molecule has 0 aliphatic carbocycles. The predicted molar refractivity (Wildman–Crippen MR) is 95.5 cm³/mol. The fourth-order valence-electron chi connectivity index (χ4n) is 2.46. The number of halogens is 1. The van der Waals surface area contributed by atoms with Gasteiger partial charge in [-0.15, -0.1) is 0 Å². The second-order valence-electron chi connectivity index (χ2n) is 5.68. The first-order valence-corrected chi connectivity index (χ1v) is 8.41. The highest BCUT2D eigenvalue weighted by molar-refractivity contribution is 5.64. The number of aryl methyl sites for hydroxylation is 1. The molecule has 2 heteroatoms. The molecule has 2 aromatic carbocycles. The molecule has 0 N–H and O–H groups in total. The number of allylic oxidation sites excluding steroid dienone is 1. The third-order valence-electron chi connectivity index (χ3n) is 3.85. The summed E-state index contributed by atoms with van der Waals surface area (Å²) in [5, 5.41) is 0. The number of rotatable bonds is 9. The van der Waals surface area contributed by atoms with Gasteiger partial charge in [0.25, 0.3) is 0 Å². The first-order valence-electron chi connectivity index (χ1n) is 8.41. The van der Waals surface area contributed by atoms with Gasteiger partial charge >= 0.3 is 0 Å². The van der Waals surface area contributed by atoms with Crippen LogP contribution >= 0.6 is 0 Å². The molecular weight excluding hydrogens is 287 g/mol. The van der Waals surface area contributed by atoms with E-state index in [1.807, 2.05) is 12.1 Å². The van der Waals surface area contributed by atoms with Crippen molar-refractivity contribution in [3.8, 4) is 16.9 Å². The molecule has 0 unspecified atom stereocenters. The van der Waals surface area contributed by atoms with Gasteiger partial charge < -0.3 is 4.74 Å². The van der Waals surface area contributed by atoms with Crippen LogP contribution in [-0.4, -0.2) is 6.61 Å². The average molecular weight is 312 g/mol. The Hall–Kier alpha value is -2.09. The van der Waals surface area contributed by atoms with Crippen molar-refractivity contribution in [2.24, 2.45) is 0 Å². The summed E-state index contributed by atoms with van der Waals surface area (Å²) >= 11 is 0. The number of ether oxygens (including phenoxy) is 1. The average Bonchev–Trinajstić information content (AvgIpc) is 2.60. The van der Waals surface area contributed by atoms with Gasteiger partial charge in [0.05, 0.1) is 12.9 Å². The fraction of sp³-hybridized carbons (Fsp3) is 0.333. The summed E-state index contributed by atoms with van der Waals surface area (Å²) in [6.45, 7) is 2.98. The third-order valence-corrected chi connectivity index (χ3v) is 3.85. The largest absolute Gasteiger partial charge is 0.494 e. The van der Waals surface area contributed by atoms with E-state index < -0.39 is 0 Å². The van der Waals surface area contributed by atoms with Crippen molar-refractivity contribution in [1.29, 1.82) is 0 Å². The lowest BCUT2D eigenvalue weighted by Crippen LogP contribution is -1.96. The Morgan fingerprint density at radius 3 is 2.17 bits per heavy atom. The minimum Gasteiger partial charge on any atom is -0.494 e. The molecule has 0 aromatic heterocycles. The van der Waals surface area contributed by atoms with Crippen molar-refractivity contribution in [1.82, 2.24) is 0 Å². The lowest BCUT2D eigenvalue weighted by Gasteiger charge is -2.08. The minimum absolute atomic E-state index is 0.611. The SMILES string of the molecule is CCCCCOc1ccc(-c2ccc(CC/C=C/F)cc2)cc1. The maximum Gasteiger partial charge on any atom is 0.119 e. The van der Waals surface area contributed by atoms with Crippen LogP contribution in [0, 0.1) is 0 Å².